The molecule has 0 aliphatic carbocycles. The van der Waals surface area contributed by atoms with Crippen LogP contribution in [0.3, 0.4) is 0 Å². The van der Waals surface area contributed by atoms with Gasteiger partial charge < -0.3 is 9.74 Å². The third-order valence-corrected chi connectivity index (χ3v) is 5.35. The molecule has 2 atom stereocenters. The fourth-order valence-electron chi connectivity index (χ4n) is 4.03. The number of amides is 1. The molecular formula is C21H26N4O2. The Balaban J connectivity index is 1.55. The van der Waals surface area contributed by atoms with E-state index in [1.807, 2.05) is 34.7 Å². The number of likely N-dealkylation sites (tertiary alicyclic amines) is 1. The second kappa shape index (κ2) is 6.22. The molecule has 0 N–H and O–H groups in total. The zero-order chi connectivity index (χ0) is 19.3. The van der Waals surface area contributed by atoms with E-state index in [-0.39, 0.29) is 23.5 Å². The highest BCUT2D eigenvalue weighted by Gasteiger charge is 2.45. The topological polar surface area (TPSA) is 59.7 Å². The highest BCUT2D eigenvalue weighted by Crippen LogP contribution is 2.32. The zero-order valence-electron chi connectivity index (χ0n) is 16.6. The normalized spacial score (nSPS) is 21.8. The Morgan fingerprint density at radius 2 is 1.93 bits per heavy atom. The van der Waals surface area contributed by atoms with Gasteiger partial charge in [0.05, 0.1) is 23.7 Å². The molecule has 6 nitrogen and oxygen atoms in total. The van der Waals surface area contributed by atoms with Crippen LogP contribution >= 0.6 is 0 Å². The minimum atomic E-state index is -0.155. The Kier molecular flexibility index (Phi) is 4.09. The SMILES string of the molecule is Cc1ccccc1C1=NOC2CN(C(=O)c3cc(C)n(C(C)(C)C)n3)CC12. The van der Waals surface area contributed by atoms with Gasteiger partial charge in [-0.25, -0.2) is 0 Å². The van der Waals surface area contributed by atoms with Crippen LogP contribution in [0, 0.1) is 19.8 Å². The van der Waals surface area contributed by atoms with Crippen LogP contribution in [0.2, 0.25) is 0 Å². The molecule has 1 aromatic carbocycles. The number of carbonyl (C=O) groups is 1. The van der Waals surface area contributed by atoms with E-state index in [1.165, 1.54) is 5.56 Å². The molecule has 1 fully saturated rings. The number of hydrogen-bond donors (Lipinski definition) is 0. The van der Waals surface area contributed by atoms with Crippen molar-refractivity contribution in [2.45, 2.75) is 46.3 Å². The van der Waals surface area contributed by atoms with Crippen molar-refractivity contribution in [3.8, 4) is 0 Å². The van der Waals surface area contributed by atoms with Gasteiger partial charge in [0, 0.05) is 17.8 Å². The first-order valence-electron chi connectivity index (χ1n) is 9.42. The van der Waals surface area contributed by atoms with Crippen LogP contribution in [-0.2, 0) is 10.4 Å². The molecule has 2 aliphatic heterocycles. The van der Waals surface area contributed by atoms with Crippen molar-refractivity contribution in [2.75, 3.05) is 13.1 Å². The van der Waals surface area contributed by atoms with E-state index in [4.69, 9.17) is 4.84 Å². The summed E-state index contributed by atoms with van der Waals surface area (Å²) in [6, 6.07) is 10.0. The number of hydrogen-bond acceptors (Lipinski definition) is 4. The first-order valence-corrected chi connectivity index (χ1v) is 9.42. The average molecular weight is 366 g/mol. The smallest absolute Gasteiger partial charge is 0.274 e. The molecule has 2 unspecified atom stereocenters. The molecule has 6 heteroatoms. The predicted molar refractivity (Wildman–Crippen MR) is 104 cm³/mol. The minimum absolute atomic E-state index is 0.0387. The number of benzene rings is 1. The van der Waals surface area contributed by atoms with Gasteiger partial charge in [-0.05, 0) is 46.2 Å². The van der Waals surface area contributed by atoms with E-state index in [2.05, 4.69) is 50.1 Å². The van der Waals surface area contributed by atoms with Gasteiger partial charge in [0.2, 0.25) is 0 Å². The van der Waals surface area contributed by atoms with E-state index in [0.717, 1.165) is 17.0 Å². The maximum atomic E-state index is 13.0. The zero-order valence-corrected chi connectivity index (χ0v) is 16.6. The minimum Gasteiger partial charge on any atom is -0.390 e. The summed E-state index contributed by atoms with van der Waals surface area (Å²) in [4.78, 5) is 20.5. The second-order valence-electron chi connectivity index (χ2n) is 8.51. The number of rotatable bonds is 2. The highest BCUT2D eigenvalue weighted by atomic mass is 16.6. The molecule has 0 saturated carbocycles. The van der Waals surface area contributed by atoms with Gasteiger partial charge >= 0.3 is 0 Å². The van der Waals surface area contributed by atoms with Gasteiger partial charge in [-0.1, -0.05) is 29.4 Å². The van der Waals surface area contributed by atoms with Crippen molar-refractivity contribution in [1.82, 2.24) is 14.7 Å². The lowest BCUT2D eigenvalue weighted by Gasteiger charge is -2.21. The fourth-order valence-corrected chi connectivity index (χ4v) is 4.03. The molecule has 4 rings (SSSR count). The molecule has 2 aromatic rings. The molecule has 142 valence electrons. The number of oxime groups is 1. The Hall–Kier alpha value is -2.63. The molecule has 3 heterocycles. The Morgan fingerprint density at radius 3 is 2.59 bits per heavy atom. The average Bonchev–Trinajstić information content (AvgIpc) is 3.28. The van der Waals surface area contributed by atoms with E-state index >= 15 is 0 Å². The Labute approximate surface area is 159 Å². The second-order valence-corrected chi connectivity index (χ2v) is 8.51. The third-order valence-electron chi connectivity index (χ3n) is 5.35. The van der Waals surface area contributed by atoms with Crippen LogP contribution in [0.1, 0.15) is 48.1 Å². The van der Waals surface area contributed by atoms with Crippen LogP contribution < -0.4 is 0 Å². The lowest BCUT2D eigenvalue weighted by Crippen LogP contribution is -2.31. The maximum Gasteiger partial charge on any atom is 0.274 e. The summed E-state index contributed by atoms with van der Waals surface area (Å²) in [6.07, 6.45) is -0.0747. The standard InChI is InChI=1S/C21H26N4O2/c1-13-8-6-7-9-15(13)19-16-11-24(12-18(16)27-23-19)20(26)17-10-14(2)25(22-17)21(3,4)5/h6-10,16,18H,11-12H2,1-5H3. The fraction of sp³-hybridized carbons (Fsp3) is 0.476. The van der Waals surface area contributed by atoms with E-state index in [1.54, 1.807) is 0 Å². The summed E-state index contributed by atoms with van der Waals surface area (Å²) in [5, 5.41) is 8.89. The molecule has 2 aliphatic rings. The summed E-state index contributed by atoms with van der Waals surface area (Å²) >= 11 is 0. The van der Waals surface area contributed by atoms with Crippen molar-refractivity contribution in [2.24, 2.45) is 11.1 Å². The Bertz CT molecular complexity index is 923. The number of aromatic nitrogens is 2. The van der Waals surface area contributed by atoms with Gasteiger partial charge in [-0.3, -0.25) is 9.48 Å². The number of nitrogens with zero attached hydrogens (tertiary/aromatic N) is 4. The van der Waals surface area contributed by atoms with Crippen molar-refractivity contribution in [1.29, 1.82) is 0 Å². The quantitative estimate of drug-likeness (QED) is 0.820. The van der Waals surface area contributed by atoms with Gasteiger partial charge in [0.15, 0.2) is 11.8 Å². The maximum absolute atomic E-state index is 13.0. The van der Waals surface area contributed by atoms with Gasteiger partial charge in [-0.15, -0.1) is 0 Å². The largest absolute Gasteiger partial charge is 0.390 e. The van der Waals surface area contributed by atoms with Crippen LogP contribution in [0.5, 0.6) is 0 Å². The molecule has 1 saturated heterocycles. The molecule has 0 bridgehead atoms. The first kappa shape index (κ1) is 17.8. The van der Waals surface area contributed by atoms with Crippen LogP contribution in [0.25, 0.3) is 0 Å². The van der Waals surface area contributed by atoms with E-state index in [0.29, 0.717) is 18.8 Å². The van der Waals surface area contributed by atoms with Crippen molar-refractivity contribution in [3.63, 3.8) is 0 Å². The molecule has 27 heavy (non-hydrogen) atoms. The van der Waals surface area contributed by atoms with Crippen molar-refractivity contribution >= 4 is 11.6 Å². The number of fused-ring (bicyclic) bond motifs is 1. The van der Waals surface area contributed by atoms with Crippen LogP contribution in [0.4, 0.5) is 0 Å². The first-order chi connectivity index (χ1) is 12.8. The van der Waals surface area contributed by atoms with E-state index in [9.17, 15) is 4.79 Å². The third kappa shape index (κ3) is 3.03. The molecular weight excluding hydrogens is 340 g/mol. The van der Waals surface area contributed by atoms with Gasteiger partial charge in [0.25, 0.3) is 5.91 Å². The monoisotopic (exact) mass is 366 g/mol. The van der Waals surface area contributed by atoms with Crippen molar-refractivity contribution < 1.29 is 9.63 Å². The molecule has 1 aromatic heterocycles. The van der Waals surface area contributed by atoms with Crippen LogP contribution in [0.15, 0.2) is 35.5 Å². The van der Waals surface area contributed by atoms with Crippen molar-refractivity contribution in [3.05, 3.63) is 52.8 Å². The Morgan fingerprint density at radius 1 is 1.19 bits per heavy atom. The summed E-state index contributed by atoms with van der Waals surface area (Å²) in [7, 11) is 0. The summed E-state index contributed by atoms with van der Waals surface area (Å²) < 4.78 is 1.91. The lowest BCUT2D eigenvalue weighted by molar-refractivity contribution is 0.0627. The number of carbonyl (C=O) groups excluding carboxylic acids is 1. The highest BCUT2D eigenvalue weighted by molar-refractivity contribution is 6.05. The number of aryl methyl sites for hydroxylation is 2. The summed E-state index contributed by atoms with van der Waals surface area (Å²) in [5.41, 5.74) is 4.56. The molecule has 0 spiro atoms. The van der Waals surface area contributed by atoms with Gasteiger partial charge in [-0.2, -0.15) is 5.10 Å². The summed E-state index contributed by atoms with van der Waals surface area (Å²) in [5.74, 6) is 0.0732. The van der Waals surface area contributed by atoms with E-state index < -0.39 is 0 Å². The summed E-state index contributed by atoms with van der Waals surface area (Å²) in [6.45, 7) is 11.5. The lowest BCUT2D eigenvalue weighted by atomic mass is 9.92. The molecule has 1 amide bonds. The van der Waals surface area contributed by atoms with Crippen LogP contribution in [-0.4, -0.2) is 45.5 Å². The molecule has 0 radical (unpaired) electrons. The van der Waals surface area contributed by atoms with Gasteiger partial charge in [0.1, 0.15) is 0 Å². The predicted octanol–water partition coefficient (Wildman–Crippen LogP) is 3.13.